The smallest absolute Gasteiger partial charge is 0.333 e. The minimum Gasteiger partial charge on any atom is -0.460 e. The van der Waals surface area contributed by atoms with Crippen molar-refractivity contribution in [2.24, 2.45) is 0 Å². The van der Waals surface area contributed by atoms with Gasteiger partial charge >= 0.3 is 5.97 Å². The first kappa shape index (κ1) is 95.0. The van der Waals surface area contributed by atoms with Crippen molar-refractivity contribution in [3.05, 3.63) is 12.2 Å². The lowest BCUT2D eigenvalue weighted by Crippen LogP contribution is -2.16. The Hall–Kier alpha value is -1.99. The molecule has 0 rings (SSSR count). The maximum absolute atomic E-state index is 11.2. The summed E-state index contributed by atoms with van der Waals surface area (Å²) in [7, 11) is 1.64. The second-order valence-corrected chi connectivity index (χ2v) is 19.7. The summed E-state index contributed by atoms with van der Waals surface area (Å²) in [6.45, 7) is 33.8. The molecule has 0 atom stereocenters. The molecule has 0 N–H and O–H groups in total. The quantitative estimate of drug-likeness (QED) is 0.0470. The van der Waals surface area contributed by atoms with E-state index in [-0.39, 0.29) is 6.61 Å². The van der Waals surface area contributed by atoms with Gasteiger partial charge in [-0.15, -0.1) is 0 Å². The number of ether oxygens (including phenoxy) is 31. The van der Waals surface area contributed by atoms with Crippen LogP contribution in [-0.2, 0) is 152 Å². The highest BCUT2D eigenvalue weighted by molar-refractivity contribution is 5.86. The first-order valence-corrected chi connectivity index (χ1v) is 34.2. The van der Waals surface area contributed by atoms with Crippen molar-refractivity contribution in [1.82, 2.24) is 0 Å². The summed E-state index contributed by atoms with van der Waals surface area (Å²) in [6.07, 6.45) is 0. The number of hydrogen-bond acceptors (Lipinski definition) is 32. The number of carbonyl (C=O) groups excluding carboxylic acids is 1. The fourth-order valence-corrected chi connectivity index (χ4v) is 6.72. The molecule has 0 bridgehead atoms. The highest BCUT2D eigenvalue weighted by Gasteiger charge is 2.04. The zero-order chi connectivity index (χ0) is 69.5. The molecule has 0 aliphatic rings. The Bertz CT molecular complexity index is 1460. The lowest BCUT2D eigenvalue weighted by Gasteiger charge is -2.09. The van der Waals surface area contributed by atoms with Gasteiger partial charge in [-0.2, -0.15) is 0 Å². The Balaban J connectivity index is 3.10. The predicted octanol–water partition coefficient (Wildman–Crippen LogP) is 1.23. The number of esters is 1. The monoisotopic (exact) mass is 1420 g/mol. The summed E-state index contributed by atoms with van der Waals surface area (Å²) in [6, 6.07) is 0. The molecule has 0 heterocycles. The molecule has 0 aliphatic carbocycles. The van der Waals surface area contributed by atoms with Gasteiger partial charge in [-0.05, 0) is 6.92 Å². The van der Waals surface area contributed by atoms with Crippen LogP contribution in [-0.4, -0.2) is 409 Å². The van der Waals surface area contributed by atoms with Gasteiger partial charge in [0, 0.05) is 12.7 Å². The SMILES string of the molecule is C=C(C)C(=O)OCCOCCOCCOCCOCCOCCOCCOCCOCCOCCOCCOCCOCCOCCOCCOCCOCCOCCOCCOCCOCCOCCOCCOCCOCCOCCOCCOCCOCCOCCOC. The van der Waals surface area contributed by atoms with Crippen LogP contribution in [0.2, 0.25) is 0 Å². The van der Waals surface area contributed by atoms with E-state index in [1.165, 1.54) is 0 Å². The van der Waals surface area contributed by atoms with E-state index in [9.17, 15) is 4.79 Å². The van der Waals surface area contributed by atoms with Crippen LogP contribution < -0.4 is 0 Å². The predicted molar refractivity (Wildman–Crippen MR) is 351 cm³/mol. The van der Waals surface area contributed by atoms with Crippen molar-refractivity contribution in [2.75, 3.05) is 404 Å². The summed E-state index contributed by atoms with van der Waals surface area (Å²) in [5.74, 6) is -0.420. The molecule has 0 aromatic heterocycles. The molecule has 32 nitrogen and oxygen atoms in total. The number of methoxy groups -OCH3 is 1. The van der Waals surface area contributed by atoms with Gasteiger partial charge in [-0.25, -0.2) is 4.79 Å². The first-order valence-electron chi connectivity index (χ1n) is 34.2. The molecule has 580 valence electrons. The Morgan fingerprint density at radius 1 is 0.165 bits per heavy atom. The Morgan fingerprint density at radius 3 is 0.330 bits per heavy atom. The maximum atomic E-state index is 11.2. The van der Waals surface area contributed by atoms with Crippen molar-refractivity contribution in [3.8, 4) is 0 Å². The molecule has 0 aromatic carbocycles. The van der Waals surface area contributed by atoms with Crippen LogP contribution in [0.1, 0.15) is 6.92 Å². The van der Waals surface area contributed by atoms with E-state index in [1.54, 1.807) is 14.0 Å². The molecule has 0 unspecified atom stereocenters. The Kier molecular flexibility index (Phi) is 88.2. The molecule has 0 saturated carbocycles. The van der Waals surface area contributed by atoms with Crippen molar-refractivity contribution in [2.45, 2.75) is 6.92 Å². The largest absolute Gasteiger partial charge is 0.460 e. The molecule has 0 fully saturated rings. The second-order valence-electron chi connectivity index (χ2n) is 19.7. The zero-order valence-electron chi connectivity index (χ0n) is 59.2. The summed E-state index contributed by atoms with van der Waals surface area (Å²) in [5, 5.41) is 0. The van der Waals surface area contributed by atoms with Crippen molar-refractivity contribution in [1.29, 1.82) is 0 Å². The number of hydrogen-bond donors (Lipinski definition) is 0. The van der Waals surface area contributed by atoms with Crippen molar-refractivity contribution >= 4 is 5.97 Å². The molecular formula is C65H128O32. The first-order chi connectivity index (χ1) is 48.2. The van der Waals surface area contributed by atoms with Crippen LogP contribution in [0.5, 0.6) is 0 Å². The summed E-state index contributed by atoms with van der Waals surface area (Å²) >= 11 is 0. The molecule has 97 heavy (non-hydrogen) atoms. The molecule has 0 saturated heterocycles. The minimum absolute atomic E-state index is 0.189. The van der Waals surface area contributed by atoms with Gasteiger partial charge < -0.3 is 147 Å². The van der Waals surface area contributed by atoms with Gasteiger partial charge in [-0.1, -0.05) is 6.58 Å². The molecule has 0 aliphatic heterocycles. The van der Waals surface area contributed by atoms with Gasteiger partial charge in [0.2, 0.25) is 0 Å². The molecule has 32 heteroatoms. The molecule has 0 spiro atoms. The third-order valence-corrected chi connectivity index (χ3v) is 11.7. The molecule has 0 amide bonds. The van der Waals surface area contributed by atoms with Crippen LogP contribution >= 0.6 is 0 Å². The third-order valence-electron chi connectivity index (χ3n) is 11.7. The van der Waals surface area contributed by atoms with Gasteiger partial charge in [0.15, 0.2) is 0 Å². The summed E-state index contributed by atoms with van der Waals surface area (Å²) < 4.78 is 169. The lowest BCUT2D eigenvalue weighted by atomic mass is 10.4. The fraction of sp³-hybridized carbons (Fsp3) is 0.954. The van der Waals surface area contributed by atoms with E-state index in [0.29, 0.717) is 395 Å². The summed E-state index contributed by atoms with van der Waals surface area (Å²) in [5.41, 5.74) is 0.363. The van der Waals surface area contributed by atoms with Gasteiger partial charge in [0.25, 0.3) is 0 Å². The zero-order valence-corrected chi connectivity index (χ0v) is 59.2. The van der Waals surface area contributed by atoms with Crippen molar-refractivity contribution < 1.29 is 152 Å². The van der Waals surface area contributed by atoms with E-state index in [0.717, 1.165) is 0 Å². The van der Waals surface area contributed by atoms with Crippen LogP contribution in [0.15, 0.2) is 12.2 Å². The highest BCUT2D eigenvalue weighted by Crippen LogP contribution is 1.95. The van der Waals surface area contributed by atoms with E-state index in [1.807, 2.05) is 0 Å². The normalized spacial score (nSPS) is 11.7. The van der Waals surface area contributed by atoms with Crippen LogP contribution in [0.4, 0.5) is 0 Å². The Labute approximate surface area is 578 Å². The van der Waals surface area contributed by atoms with Crippen molar-refractivity contribution in [3.63, 3.8) is 0 Å². The van der Waals surface area contributed by atoms with E-state index >= 15 is 0 Å². The van der Waals surface area contributed by atoms with Crippen LogP contribution in [0.3, 0.4) is 0 Å². The average Bonchev–Trinajstić information content (AvgIpc) is 3.66. The van der Waals surface area contributed by atoms with E-state index in [4.69, 9.17) is 147 Å². The number of carbonyl (C=O) groups is 1. The van der Waals surface area contributed by atoms with Gasteiger partial charge in [0.1, 0.15) is 6.61 Å². The fourth-order valence-electron chi connectivity index (χ4n) is 6.72. The van der Waals surface area contributed by atoms with Gasteiger partial charge in [-0.3, -0.25) is 0 Å². The van der Waals surface area contributed by atoms with E-state index in [2.05, 4.69) is 6.58 Å². The topological polar surface area (TPSA) is 303 Å². The van der Waals surface area contributed by atoms with Crippen LogP contribution in [0.25, 0.3) is 0 Å². The summed E-state index contributed by atoms with van der Waals surface area (Å²) in [4.78, 5) is 11.2. The average molecular weight is 1420 g/mol. The molecule has 0 radical (unpaired) electrons. The molecular weight excluding hydrogens is 1290 g/mol. The van der Waals surface area contributed by atoms with Gasteiger partial charge in [0.05, 0.1) is 390 Å². The van der Waals surface area contributed by atoms with Crippen LogP contribution in [0, 0.1) is 0 Å². The third kappa shape index (κ3) is 90.1. The number of rotatable bonds is 91. The molecule has 0 aromatic rings. The standard InChI is InChI=1S/C65H128O32/c1-64(2)65(66)97-63-62-96-61-60-95-59-58-94-57-56-93-55-54-92-53-52-91-51-50-90-49-48-89-47-46-88-45-44-87-43-42-86-41-40-85-39-38-84-37-36-83-35-34-82-33-32-81-31-30-80-29-28-79-27-26-78-25-24-77-23-22-76-21-20-75-19-18-74-17-16-73-15-14-72-13-12-71-11-10-70-9-8-69-7-6-68-5-4-67-3/h1,4-63H2,2-3H3. The minimum atomic E-state index is -0.420. The Morgan fingerprint density at radius 2 is 0.247 bits per heavy atom. The second kappa shape index (κ2) is 90.1. The lowest BCUT2D eigenvalue weighted by molar-refractivity contribution is -0.140. The maximum Gasteiger partial charge on any atom is 0.333 e. The van der Waals surface area contributed by atoms with E-state index < -0.39 is 5.97 Å². The highest BCUT2D eigenvalue weighted by atomic mass is 16.6.